The van der Waals surface area contributed by atoms with Crippen molar-refractivity contribution in [2.24, 2.45) is 0 Å². The number of aromatic carboxylic acids is 1. The lowest BCUT2D eigenvalue weighted by atomic mass is 10.1. The molecule has 0 saturated heterocycles. The Morgan fingerprint density at radius 2 is 1.48 bits per heavy atom. The highest BCUT2D eigenvalue weighted by molar-refractivity contribution is 7.80. The molecule has 21 heavy (non-hydrogen) atoms. The van der Waals surface area contributed by atoms with Crippen LogP contribution in [0.2, 0.25) is 0 Å². The molecular weight excluding hydrogens is 284 g/mol. The summed E-state index contributed by atoms with van der Waals surface area (Å²) in [4.78, 5) is 10.8. The minimum absolute atomic E-state index is 0.245. The van der Waals surface area contributed by atoms with E-state index in [1.807, 2.05) is 24.3 Å². The molecule has 0 spiro atoms. The predicted molar refractivity (Wildman–Crippen MR) is 89.1 cm³/mol. The number of nitrogens with one attached hydrogen (secondary N) is 2. The summed E-state index contributed by atoms with van der Waals surface area (Å²) < 4.78 is 0. The number of benzene rings is 2. The van der Waals surface area contributed by atoms with E-state index in [2.05, 4.69) is 17.6 Å². The molecule has 3 N–H and O–H groups in total. The van der Waals surface area contributed by atoms with Crippen LogP contribution in [0.5, 0.6) is 0 Å². The average molecular weight is 300 g/mol. The van der Waals surface area contributed by atoms with E-state index in [0.717, 1.165) is 17.8 Å². The van der Waals surface area contributed by atoms with Gasteiger partial charge in [0.2, 0.25) is 0 Å². The van der Waals surface area contributed by atoms with Crippen molar-refractivity contribution < 1.29 is 9.90 Å². The maximum Gasteiger partial charge on any atom is 0.335 e. The van der Waals surface area contributed by atoms with Crippen molar-refractivity contribution in [3.05, 3.63) is 59.7 Å². The van der Waals surface area contributed by atoms with Crippen molar-refractivity contribution in [3.63, 3.8) is 0 Å². The molecule has 0 fully saturated rings. The number of carboxylic acids is 1. The van der Waals surface area contributed by atoms with Gasteiger partial charge in [-0.05, 0) is 60.6 Å². The molecule has 0 unspecified atom stereocenters. The van der Waals surface area contributed by atoms with Gasteiger partial charge in [-0.25, -0.2) is 4.79 Å². The molecule has 0 aromatic heterocycles. The fraction of sp³-hybridized carbons (Fsp3) is 0.125. The topological polar surface area (TPSA) is 61.4 Å². The van der Waals surface area contributed by atoms with E-state index in [9.17, 15) is 4.79 Å². The second-order valence-corrected chi connectivity index (χ2v) is 4.92. The molecule has 0 atom stereocenters. The van der Waals surface area contributed by atoms with Gasteiger partial charge in [0.15, 0.2) is 5.11 Å². The van der Waals surface area contributed by atoms with Crippen LogP contribution < -0.4 is 10.6 Å². The zero-order valence-corrected chi connectivity index (χ0v) is 12.4. The highest BCUT2D eigenvalue weighted by atomic mass is 32.1. The Balaban J connectivity index is 1.95. The van der Waals surface area contributed by atoms with Crippen molar-refractivity contribution >= 4 is 34.7 Å². The Hall–Kier alpha value is -2.40. The van der Waals surface area contributed by atoms with Gasteiger partial charge in [0.05, 0.1) is 5.56 Å². The van der Waals surface area contributed by atoms with Crippen LogP contribution in [0.3, 0.4) is 0 Å². The van der Waals surface area contributed by atoms with Crippen LogP contribution in [-0.4, -0.2) is 16.2 Å². The molecule has 0 radical (unpaired) electrons. The second kappa shape index (κ2) is 6.85. The quantitative estimate of drug-likeness (QED) is 0.751. The fourth-order valence-electron chi connectivity index (χ4n) is 1.81. The first-order valence-corrected chi connectivity index (χ1v) is 6.99. The lowest BCUT2D eigenvalue weighted by Gasteiger charge is -2.11. The van der Waals surface area contributed by atoms with Crippen molar-refractivity contribution in [1.29, 1.82) is 0 Å². The molecule has 2 aromatic rings. The molecule has 0 aliphatic carbocycles. The molecule has 0 aliphatic heterocycles. The summed E-state index contributed by atoms with van der Waals surface area (Å²) in [6.45, 7) is 2.11. The van der Waals surface area contributed by atoms with E-state index >= 15 is 0 Å². The monoisotopic (exact) mass is 300 g/mol. The first-order valence-electron chi connectivity index (χ1n) is 6.59. The standard InChI is InChI=1S/C16H16N2O2S/c1-2-11-3-7-13(8-4-11)17-16(21)18-14-9-5-12(6-10-14)15(19)20/h3-10H,2H2,1H3,(H,19,20)(H2,17,18,21). The van der Waals surface area contributed by atoms with Gasteiger partial charge in [-0.15, -0.1) is 0 Å². The Morgan fingerprint density at radius 3 is 1.90 bits per heavy atom. The van der Waals surface area contributed by atoms with Gasteiger partial charge in [-0.1, -0.05) is 19.1 Å². The summed E-state index contributed by atoms with van der Waals surface area (Å²) in [5.41, 5.74) is 3.16. The zero-order valence-electron chi connectivity index (χ0n) is 11.6. The van der Waals surface area contributed by atoms with Crippen LogP contribution >= 0.6 is 12.2 Å². The molecule has 0 aliphatic rings. The maximum absolute atomic E-state index is 10.8. The third-order valence-electron chi connectivity index (χ3n) is 3.01. The number of thiocarbonyl (C=S) groups is 1. The van der Waals surface area contributed by atoms with Crippen LogP contribution in [0.25, 0.3) is 0 Å². The van der Waals surface area contributed by atoms with Crippen LogP contribution in [0.4, 0.5) is 11.4 Å². The molecule has 5 heteroatoms. The normalized spacial score (nSPS) is 9.95. The van der Waals surface area contributed by atoms with E-state index in [1.54, 1.807) is 12.1 Å². The molecular formula is C16H16N2O2S. The van der Waals surface area contributed by atoms with Gasteiger partial charge in [-0.2, -0.15) is 0 Å². The van der Waals surface area contributed by atoms with Crippen molar-refractivity contribution in [2.45, 2.75) is 13.3 Å². The van der Waals surface area contributed by atoms with Crippen LogP contribution in [-0.2, 0) is 6.42 Å². The summed E-state index contributed by atoms with van der Waals surface area (Å²) in [6, 6.07) is 14.5. The Bertz CT molecular complexity index is 636. The SMILES string of the molecule is CCc1ccc(NC(=S)Nc2ccc(C(=O)O)cc2)cc1. The largest absolute Gasteiger partial charge is 0.478 e. The van der Waals surface area contributed by atoms with E-state index in [-0.39, 0.29) is 5.56 Å². The summed E-state index contributed by atoms with van der Waals surface area (Å²) in [5.74, 6) is -0.946. The van der Waals surface area contributed by atoms with Crippen LogP contribution in [0.1, 0.15) is 22.8 Å². The highest BCUT2D eigenvalue weighted by Crippen LogP contribution is 2.13. The predicted octanol–water partition coefficient (Wildman–Crippen LogP) is 3.76. The summed E-state index contributed by atoms with van der Waals surface area (Å²) in [6.07, 6.45) is 0.999. The Kier molecular flexibility index (Phi) is 4.90. The first kappa shape index (κ1) is 15.0. The highest BCUT2D eigenvalue weighted by Gasteiger charge is 2.03. The average Bonchev–Trinajstić information content (AvgIpc) is 2.48. The van der Waals surface area contributed by atoms with Gasteiger partial charge in [0.25, 0.3) is 0 Å². The molecule has 0 saturated carbocycles. The summed E-state index contributed by atoms with van der Waals surface area (Å²) in [7, 11) is 0. The number of anilines is 2. The van der Waals surface area contributed by atoms with Gasteiger partial charge >= 0.3 is 5.97 Å². The van der Waals surface area contributed by atoms with Crippen molar-refractivity contribution in [2.75, 3.05) is 10.6 Å². The first-order chi connectivity index (χ1) is 10.1. The number of carbonyl (C=O) groups is 1. The minimum Gasteiger partial charge on any atom is -0.478 e. The molecule has 4 nitrogen and oxygen atoms in total. The van der Waals surface area contributed by atoms with Crippen molar-refractivity contribution in [1.82, 2.24) is 0 Å². The Labute approximate surface area is 128 Å². The smallest absolute Gasteiger partial charge is 0.335 e. The van der Waals surface area contributed by atoms with E-state index < -0.39 is 5.97 Å². The molecule has 108 valence electrons. The number of rotatable bonds is 4. The van der Waals surface area contributed by atoms with E-state index in [1.165, 1.54) is 17.7 Å². The maximum atomic E-state index is 10.8. The lowest BCUT2D eigenvalue weighted by Crippen LogP contribution is -2.19. The molecule has 0 bridgehead atoms. The second-order valence-electron chi connectivity index (χ2n) is 4.51. The lowest BCUT2D eigenvalue weighted by molar-refractivity contribution is 0.0697. The third-order valence-corrected chi connectivity index (χ3v) is 3.21. The molecule has 2 aromatic carbocycles. The fourth-order valence-corrected chi connectivity index (χ4v) is 2.05. The summed E-state index contributed by atoms with van der Waals surface area (Å²) in [5, 5.41) is 15.4. The number of hydrogen-bond donors (Lipinski definition) is 3. The summed E-state index contributed by atoms with van der Waals surface area (Å²) >= 11 is 5.23. The number of carboxylic acid groups (broad SMARTS) is 1. The van der Waals surface area contributed by atoms with E-state index in [0.29, 0.717) is 5.11 Å². The van der Waals surface area contributed by atoms with Crippen LogP contribution in [0, 0.1) is 0 Å². The zero-order chi connectivity index (χ0) is 15.2. The molecule has 0 amide bonds. The minimum atomic E-state index is -0.946. The van der Waals surface area contributed by atoms with Gasteiger partial charge < -0.3 is 15.7 Å². The van der Waals surface area contributed by atoms with Gasteiger partial charge in [-0.3, -0.25) is 0 Å². The number of aryl methyl sites for hydroxylation is 1. The van der Waals surface area contributed by atoms with E-state index in [4.69, 9.17) is 17.3 Å². The van der Waals surface area contributed by atoms with Crippen LogP contribution in [0.15, 0.2) is 48.5 Å². The van der Waals surface area contributed by atoms with Gasteiger partial charge in [0, 0.05) is 11.4 Å². The number of hydrogen-bond acceptors (Lipinski definition) is 2. The molecule has 0 heterocycles. The Morgan fingerprint density at radius 1 is 1.00 bits per heavy atom. The third kappa shape index (κ3) is 4.29. The van der Waals surface area contributed by atoms with Gasteiger partial charge in [0.1, 0.15) is 0 Å². The van der Waals surface area contributed by atoms with Crippen molar-refractivity contribution in [3.8, 4) is 0 Å². The molecule has 2 rings (SSSR count).